The van der Waals surface area contributed by atoms with E-state index in [-0.39, 0.29) is 34.6 Å². The fourth-order valence-corrected chi connectivity index (χ4v) is 8.07. The minimum absolute atomic E-state index is 0.00341. The maximum Gasteiger partial charge on any atom is 0.251 e. The molecule has 6 rings (SSSR count). The molecular formula is C39H54N8O2. The van der Waals surface area contributed by atoms with Crippen LogP contribution in [0.25, 0.3) is 0 Å². The normalized spacial score (nSPS) is 25.0. The number of amides is 1. The zero-order chi connectivity index (χ0) is 34.8. The van der Waals surface area contributed by atoms with Gasteiger partial charge in [0, 0.05) is 31.2 Å². The van der Waals surface area contributed by atoms with Gasteiger partial charge in [-0.05, 0) is 94.5 Å². The lowest BCUT2D eigenvalue weighted by atomic mass is 9.68. The van der Waals surface area contributed by atoms with Gasteiger partial charge in [-0.3, -0.25) is 14.5 Å². The van der Waals surface area contributed by atoms with Crippen molar-refractivity contribution in [3.63, 3.8) is 0 Å². The van der Waals surface area contributed by atoms with Gasteiger partial charge in [-0.25, -0.2) is 4.99 Å². The number of fused-ring (bicyclic) bond motifs is 1. The first-order valence-electron chi connectivity index (χ1n) is 18.2. The van der Waals surface area contributed by atoms with E-state index in [2.05, 4.69) is 114 Å². The molecule has 3 aliphatic heterocycles. The average Bonchev–Trinajstić information content (AvgIpc) is 3.51. The van der Waals surface area contributed by atoms with Crippen LogP contribution in [0.1, 0.15) is 120 Å². The van der Waals surface area contributed by atoms with Crippen molar-refractivity contribution < 1.29 is 9.59 Å². The minimum Gasteiger partial charge on any atom is -0.350 e. The van der Waals surface area contributed by atoms with Crippen LogP contribution in [0, 0.1) is 16.7 Å². The van der Waals surface area contributed by atoms with E-state index in [1.54, 1.807) is 0 Å². The largest absolute Gasteiger partial charge is 0.350 e. The number of Topliss-reactive ketones (excluding diaryl/α,β-unsaturated/α-hetero) is 1. The Morgan fingerprint density at radius 2 is 1.61 bits per heavy atom. The number of hydrogen-bond donors (Lipinski definition) is 1. The van der Waals surface area contributed by atoms with Crippen LogP contribution >= 0.6 is 0 Å². The molecule has 1 N–H and O–H groups in total. The zero-order valence-electron chi connectivity index (χ0n) is 30.3. The molecule has 1 saturated carbocycles. The summed E-state index contributed by atoms with van der Waals surface area (Å²) >= 11 is 0. The van der Waals surface area contributed by atoms with Gasteiger partial charge in [0.25, 0.3) is 5.91 Å². The molecule has 49 heavy (non-hydrogen) atoms. The second-order valence-electron chi connectivity index (χ2n) is 16.8. The van der Waals surface area contributed by atoms with Crippen molar-refractivity contribution in [2.75, 3.05) is 19.6 Å². The van der Waals surface area contributed by atoms with Gasteiger partial charge in [-0.2, -0.15) is 10.2 Å². The second kappa shape index (κ2) is 14.2. The first kappa shape index (κ1) is 35.1. The van der Waals surface area contributed by atoms with E-state index in [9.17, 15) is 9.59 Å². The molecule has 0 aromatic heterocycles. The van der Waals surface area contributed by atoms with E-state index >= 15 is 0 Å². The van der Waals surface area contributed by atoms with Gasteiger partial charge >= 0.3 is 0 Å². The Labute approximate surface area is 291 Å². The second-order valence-corrected chi connectivity index (χ2v) is 16.8. The molecule has 1 fully saturated rings. The third-order valence-corrected chi connectivity index (χ3v) is 11.0. The summed E-state index contributed by atoms with van der Waals surface area (Å²) in [5, 5.41) is 18.0. The standard InChI is InChI=1S/C39H54N8O2/c1-37(2,3)19-9-12-33(27-13-15-28(16-14-27)36(49)40-22-32-23-41-44-45-43-32)47-26-34(48)35(46-24-29-10-7-8-11-30(29)25-46)42-39(47)20-17-31(18-21-39)38(4,5)6/h7-8,10-11,13-16,31-33H,9,12,17-26H2,1-6H3,(H,40,49). The predicted molar refractivity (Wildman–Crippen MR) is 192 cm³/mol. The molecule has 3 heterocycles. The molecule has 0 bridgehead atoms. The molecule has 0 saturated heterocycles. The Hall–Kier alpha value is -3.79. The molecule has 2 unspecified atom stereocenters. The molecule has 0 radical (unpaired) electrons. The summed E-state index contributed by atoms with van der Waals surface area (Å²) in [7, 11) is 0. The number of ketones is 1. The highest BCUT2D eigenvalue weighted by Crippen LogP contribution is 2.49. The third kappa shape index (κ3) is 8.17. The third-order valence-electron chi connectivity index (χ3n) is 11.0. The van der Waals surface area contributed by atoms with E-state index < -0.39 is 5.66 Å². The number of aliphatic imine (C=N–C) groups is 1. The Morgan fingerprint density at radius 3 is 2.20 bits per heavy atom. The molecule has 2 aromatic rings. The molecule has 10 heteroatoms. The quantitative estimate of drug-likeness (QED) is 0.307. The summed E-state index contributed by atoms with van der Waals surface area (Å²) in [6, 6.07) is 16.3. The van der Waals surface area contributed by atoms with Crippen LogP contribution in [0.3, 0.4) is 0 Å². The predicted octanol–water partition coefficient (Wildman–Crippen LogP) is 8.11. The highest BCUT2D eigenvalue weighted by Gasteiger charge is 2.50. The minimum atomic E-state index is -0.450. The summed E-state index contributed by atoms with van der Waals surface area (Å²) < 4.78 is 0. The van der Waals surface area contributed by atoms with Crippen molar-refractivity contribution in [1.82, 2.24) is 15.1 Å². The molecule has 1 aliphatic carbocycles. The Kier molecular flexibility index (Phi) is 10.2. The highest BCUT2D eigenvalue weighted by molar-refractivity contribution is 6.40. The smallest absolute Gasteiger partial charge is 0.251 e. The monoisotopic (exact) mass is 666 g/mol. The van der Waals surface area contributed by atoms with E-state index in [0.29, 0.717) is 37.0 Å². The highest BCUT2D eigenvalue weighted by atomic mass is 16.1. The zero-order valence-corrected chi connectivity index (χ0v) is 30.3. The number of nitrogens with one attached hydrogen (secondary N) is 1. The molecule has 4 aliphatic rings. The van der Waals surface area contributed by atoms with Crippen LogP contribution in [-0.2, 0) is 17.9 Å². The van der Waals surface area contributed by atoms with Gasteiger partial charge in [0.05, 0.1) is 13.1 Å². The van der Waals surface area contributed by atoms with Crippen LogP contribution in [0.15, 0.2) is 74.2 Å². The Bertz CT molecular complexity index is 1570. The fourth-order valence-electron chi connectivity index (χ4n) is 8.07. The number of hydrogen-bond acceptors (Lipinski definition) is 9. The van der Waals surface area contributed by atoms with Crippen LogP contribution in [0.4, 0.5) is 0 Å². The lowest BCUT2D eigenvalue weighted by Gasteiger charge is -2.52. The topological polar surface area (TPSA) is 114 Å². The lowest BCUT2D eigenvalue weighted by molar-refractivity contribution is -0.121. The number of rotatable bonds is 8. The number of amidine groups is 1. The summed E-state index contributed by atoms with van der Waals surface area (Å²) in [4.78, 5) is 37.5. The number of carbonyl (C=O) groups is 2. The van der Waals surface area contributed by atoms with Crippen molar-refractivity contribution in [2.24, 2.45) is 42.4 Å². The number of benzene rings is 2. The van der Waals surface area contributed by atoms with Crippen molar-refractivity contribution >= 4 is 17.5 Å². The van der Waals surface area contributed by atoms with Gasteiger partial charge in [0.2, 0.25) is 5.78 Å². The molecular weight excluding hydrogens is 612 g/mol. The van der Waals surface area contributed by atoms with Crippen LogP contribution in [0.5, 0.6) is 0 Å². The number of carbonyl (C=O) groups excluding carboxylic acids is 2. The molecule has 262 valence electrons. The SMILES string of the molecule is CC(C)(C)CCCC(c1ccc(C(=O)NCC2CN=NN=N2)cc1)N1CC(=O)C(N2Cc3ccccc3C2)=NC12CCC(C(C)(C)C)CC2. The first-order chi connectivity index (χ1) is 23.3. The molecule has 10 nitrogen and oxygen atoms in total. The Balaban J connectivity index is 1.30. The van der Waals surface area contributed by atoms with Gasteiger partial charge in [-0.15, -0.1) is 0 Å². The van der Waals surface area contributed by atoms with E-state index in [4.69, 9.17) is 4.99 Å². The first-order valence-corrected chi connectivity index (χ1v) is 18.2. The summed E-state index contributed by atoms with van der Waals surface area (Å²) in [6.45, 7) is 16.5. The van der Waals surface area contributed by atoms with Crippen LogP contribution < -0.4 is 5.32 Å². The summed E-state index contributed by atoms with van der Waals surface area (Å²) in [5.74, 6) is 1.22. The van der Waals surface area contributed by atoms with Crippen molar-refractivity contribution in [3.8, 4) is 0 Å². The summed E-state index contributed by atoms with van der Waals surface area (Å²) in [5.41, 5.74) is 4.27. The van der Waals surface area contributed by atoms with Crippen LogP contribution in [0.2, 0.25) is 0 Å². The van der Waals surface area contributed by atoms with Crippen molar-refractivity contribution in [1.29, 1.82) is 0 Å². The van der Waals surface area contributed by atoms with E-state index in [0.717, 1.165) is 63.6 Å². The maximum atomic E-state index is 14.2. The van der Waals surface area contributed by atoms with Gasteiger partial charge in [-0.1, -0.05) is 84.4 Å². The summed E-state index contributed by atoms with van der Waals surface area (Å²) in [6.07, 6.45) is 7.07. The average molecular weight is 667 g/mol. The molecule has 1 amide bonds. The maximum absolute atomic E-state index is 14.2. The van der Waals surface area contributed by atoms with E-state index in [1.165, 1.54) is 11.1 Å². The van der Waals surface area contributed by atoms with Crippen LogP contribution in [-0.4, -0.2) is 58.7 Å². The molecule has 1 spiro atoms. The Morgan fingerprint density at radius 1 is 0.939 bits per heavy atom. The lowest BCUT2D eigenvalue weighted by Crippen LogP contribution is -2.59. The fraction of sp³-hybridized carbons (Fsp3) is 0.615. The number of nitrogens with zero attached hydrogens (tertiary/aromatic N) is 7. The van der Waals surface area contributed by atoms with Gasteiger partial charge in [0.1, 0.15) is 11.7 Å². The van der Waals surface area contributed by atoms with Crippen molar-refractivity contribution in [2.45, 2.75) is 117 Å². The van der Waals surface area contributed by atoms with E-state index in [1.807, 2.05) is 12.1 Å². The van der Waals surface area contributed by atoms with Crippen molar-refractivity contribution in [3.05, 3.63) is 70.8 Å². The molecule has 2 aromatic carbocycles. The van der Waals surface area contributed by atoms with Gasteiger partial charge in [0.15, 0.2) is 5.84 Å². The van der Waals surface area contributed by atoms with Gasteiger partial charge < -0.3 is 10.2 Å². The molecule has 2 atom stereocenters.